The molecule has 0 aliphatic carbocycles. The summed E-state index contributed by atoms with van der Waals surface area (Å²) >= 11 is 0. The number of anilines is 3. The van der Waals surface area contributed by atoms with Crippen molar-refractivity contribution < 1.29 is 4.74 Å². The fourth-order valence-electron chi connectivity index (χ4n) is 1.87. The van der Waals surface area contributed by atoms with Crippen LogP contribution in [0.5, 0.6) is 5.75 Å². The standard InChI is InChI=1S/C15H15N3O/c1-18(12-4-6-13(19-2)7-5-12)15-8-3-11(10-16)9-14(15)17/h3-9H,17H2,1-2H3. The van der Waals surface area contributed by atoms with Crippen molar-refractivity contribution in [2.75, 3.05) is 24.8 Å². The van der Waals surface area contributed by atoms with Gasteiger partial charge in [-0.2, -0.15) is 5.26 Å². The van der Waals surface area contributed by atoms with Crippen LogP contribution in [0.25, 0.3) is 0 Å². The van der Waals surface area contributed by atoms with Crippen LogP contribution in [-0.2, 0) is 0 Å². The zero-order chi connectivity index (χ0) is 13.8. The first-order valence-corrected chi connectivity index (χ1v) is 5.83. The molecule has 19 heavy (non-hydrogen) atoms. The zero-order valence-electron chi connectivity index (χ0n) is 10.9. The minimum absolute atomic E-state index is 0.560. The number of rotatable bonds is 3. The van der Waals surface area contributed by atoms with E-state index in [0.717, 1.165) is 17.1 Å². The smallest absolute Gasteiger partial charge is 0.119 e. The Balaban J connectivity index is 2.33. The SMILES string of the molecule is COc1ccc(N(C)c2ccc(C#N)cc2N)cc1. The van der Waals surface area contributed by atoms with Gasteiger partial charge in [0.25, 0.3) is 0 Å². The number of hydrogen-bond acceptors (Lipinski definition) is 4. The molecule has 2 rings (SSSR count). The van der Waals surface area contributed by atoms with Crippen molar-refractivity contribution in [3.8, 4) is 11.8 Å². The fourth-order valence-corrected chi connectivity index (χ4v) is 1.87. The maximum absolute atomic E-state index is 8.83. The van der Waals surface area contributed by atoms with E-state index in [1.807, 2.05) is 42.3 Å². The molecular formula is C15H15N3O. The molecule has 96 valence electrons. The zero-order valence-corrected chi connectivity index (χ0v) is 10.9. The lowest BCUT2D eigenvalue weighted by molar-refractivity contribution is 0.415. The van der Waals surface area contributed by atoms with Crippen molar-refractivity contribution in [3.05, 3.63) is 48.0 Å². The number of nitriles is 1. The summed E-state index contributed by atoms with van der Waals surface area (Å²) in [6, 6.07) is 15.0. The van der Waals surface area contributed by atoms with Crippen molar-refractivity contribution in [2.45, 2.75) is 0 Å². The van der Waals surface area contributed by atoms with Gasteiger partial charge in [0.1, 0.15) is 5.75 Å². The number of ether oxygens (including phenoxy) is 1. The quantitative estimate of drug-likeness (QED) is 0.854. The van der Waals surface area contributed by atoms with Crippen LogP contribution in [0.4, 0.5) is 17.1 Å². The lowest BCUT2D eigenvalue weighted by atomic mass is 10.1. The second-order valence-corrected chi connectivity index (χ2v) is 4.14. The van der Waals surface area contributed by atoms with Gasteiger partial charge in [0, 0.05) is 12.7 Å². The normalized spacial score (nSPS) is 9.74. The molecule has 0 saturated heterocycles. The first-order valence-electron chi connectivity index (χ1n) is 5.83. The molecule has 0 atom stereocenters. The Morgan fingerprint density at radius 2 is 1.84 bits per heavy atom. The van der Waals surface area contributed by atoms with Crippen LogP contribution in [0.1, 0.15) is 5.56 Å². The Labute approximate surface area is 112 Å². The lowest BCUT2D eigenvalue weighted by Crippen LogP contribution is -2.11. The minimum atomic E-state index is 0.560. The van der Waals surface area contributed by atoms with E-state index in [0.29, 0.717) is 11.3 Å². The highest BCUT2D eigenvalue weighted by Gasteiger charge is 2.08. The summed E-state index contributed by atoms with van der Waals surface area (Å²) in [5.41, 5.74) is 8.98. The molecule has 4 nitrogen and oxygen atoms in total. The van der Waals surface area contributed by atoms with Crippen molar-refractivity contribution in [3.63, 3.8) is 0 Å². The van der Waals surface area contributed by atoms with Gasteiger partial charge < -0.3 is 15.4 Å². The van der Waals surface area contributed by atoms with Gasteiger partial charge in [0.2, 0.25) is 0 Å². The average Bonchev–Trinajstić information content (AvgIpc) is 2.46. The van der Waals surface area contributed by atoms with Crippen LogP contribution < -0.4 is 15.4 Å². The van der Waals surface area contributed by atoms with Crippen molar-refractivity contribution in [1.82, 2.24) is 0 Å². The first-order chi connectivity index (χ1) is 9.15. The molecule has 0 saturated carbocycles. The molecule has 0 amide bonds. The number of hydrogen-bond donors (Lipinski definition) is 1. The van der Waals surface area contributed by atoms with Gasteiger partial charge in [-0.25, -0.2) is 0 Å². The van der Waals surface area contributed by atoms with E-state index in [1.165, 1.54) is 0 Å². The summed E-state index contributed by atoms with van der Waals surface area (Å²) in [5.74, 6) is 0.810. The molecule has 0 aliphatic heterocycles. The van der Waals surface area contributed by atoms with Gasteiger partial charge >= 0.3 is 0 Å². The van der Waals surface area contributed by atoms with E-state index in [1.54, 1.807) is 19.2 Å². The predicted octanol–water partition coefficient (Wildman–Crippen LogP) is 2.92. The highest BCUT2D eigenvalue weighted by atomic mass is 16.5. The first kappa shape index (κ1) is 12.8. The molecule has 0 aliphatic rings. The molecule has 4 heteroatoms. The van der Waals surface area contributed by atoms with Gasteiger partial charge in [-0.05, 0) is 42.5 Å². The monoisotopic (exact) mass is 253 g/mol. The number of nitrogens with zero attached hydrogens (tertiary/aromatic N) is 2. The second kappa shape index (κ2) is 5.32. The molecule has 0 heterocycles. The highest BCUT2D eigenvalue weighted by molar-refractivity contribution is 5.75. The maximum atomic E-state index is 8.83. The summed E-state index contributed by atoms with van der Waals surface area (Å²) in [7, 11) is 3.57. The van der Waals surface area contributed by atoms with Crippen LogP contribution in [-0.4, -0.2) is 14.2 Å². The second-order valence-electron chi connectivity index (χ2n) is 4.14. The maximum Gasteiger partial charge on any atom is 0.119 e. The number of nitrogens with two attached hydrogens (primary N) is 1. The molecule has 2 aromatic rings. The van der Waals surface area contributed by atoms with Crippen molar-refractivity contribution in [2.24, 2.45) is 0 Å². The third-order valence-electron chi connectivity index (χ3n) is 2.98. The van der Waals surface area contributed by atoms with Crippen molar-refractivity contribution >= 4 is 17.1 Å². The molecule has 0 aromatic heterocycles. The third-order valence-corrected chi connectivity index (χ3v) is 2.98. The van der Waals surface area contributed by atoms with E-state index in [2.05, 4.69) is 6.07 Å². The molecule has 2 aromatic carbocycles. The van der Waals surface area contributed by atoms with Crippen LogP contribution in [0, 0.1) is 11.3 Å². The van der Waals surface area contributed by atoms with E-state index < -0.39 is 0 Å². The third kappa shape index (κ3) is 2.61. The predicted molar refractivity (Wildman–Crippen MR) is 76.6 cm³/mol. The molecular weight excluding hydrogens is 238 g/mol. The van der Waals surface area contributed by atoms with E-state index >= 15 is 0 Å². The van der Waals surface area contributed by atoms with Crippen molar-refractivity contribution in [1.29, 1.82) is 5.26 Å². The van der Waals surface area contributed by atoms with Gasteiger partial charge in [-0.15, -0.1) is 0 Å². The molecule has 0 unspecified atom stereocenters. The van der Waals surface area contributed by atoms with Gasteiger partial charge in [-0.1, -0.05) is 0 Å². The number of methoxy groups -OCH3 is 1. The summed E-state index contributed by atoms with van der Waals surface area (Å²) in [6.07, 6.45) is 0. The Kier molecular flexibility index (Phi) is 3.58. The van der Waals surface area contributed by atoms with Crippen LogP contribution in [0.2, 0.25) is 0 Å². The Bertz CT molecular complexity index is 614. The highest BCUT2D eigenvalue weighted by Crippen LogP contribution is 2.30. The van der Waals surface area contributed by atoms with Gasteiger partial charge in [0.15, 0.2) is 0 Å². The fraction of sp³-hybridized carbons (Fsp3) is 0.133. The molecule has 0 spiro atoms. The summed E-state index contributed by atoms with van der Waals surface area (Å²) in [4.78, 5) is 1.97. The average molecular weight is 253 g/mol. The lowest BCUT2D eigenvalue weighted by Gasteiger charge is -2.21. The number of nitrogen functional groups attached to an aromatic ring is 1. The molecule has 0 bridgehead atoms. The Hall–Kier alpha value is -2.67. The van der Waals surface area contributed by atoms with E-state index in [-0.39, 0.29) is 0 Å². The van der Waals surface area contributed by atoms with E-state index in [9.17, 15) is 0 Å². The van der Waals surface area contributed by atoms with Crippen LogP contribution in [0.3, 0.4) is 0 Å². The molecule has 0 radical (unpaired) electrons. The van der Waals surface area contributed by atoms with E-state index in [4.69, 9.17) is 15.7 Å². The van der Waals surface area contributed by atoms with Gasteiger partial charge in [0.05, 0.1) is 30.1 Å². The summed E-state index contributed by atoms with van der Waals surface area (Å²) in [6.45, 7) is 0. The summed E-state index contributed by atoms with van der Waals surface area (Å²) in [5, 5.41) is 8.83. The largest absolute Gasteiger partial charge is 0.497 e. The topological polar surface area (TPSA) is 62.3 Å². The van der Waals surface area contributed by atoms with Gasteiger partial charge in [-0.3, -0.25) is 0 Å². The minimum Gasteiger partial charge on any atom is -0.497 e. The summed E-state index contributed by atoms with van der Waals surface area (Å²) < 4.78 is 5.13. The molecule has 2 N–H and O–H groups in total. The Morgan fingerprint density at radius 1 is 1.16 bits per heavy atom. The van der Waals surface area contributed by atoms with Crippen LogP contribution >= 0.6 is 0 Å². The Morgan fingerprint density at radius 3 is 2.37 bits per heavy atom. The number of benzene rings is 2. The van der Waals surface area contributed by atoms with Crippen LogP contribution in [0.15, 0.2) is 42.5 Å². The molecule has 0 fully saturated rings.